The lowest BCUT2D eigenvalue weighted by atomic mass is 9.87. The molecule has 1 aromatic carbocycles. The molecule has 1 fully saturated rings. The topological polar surface area (TPSA) is 58.2 Å². The number of carbonyl (C=O) groups is 2. The Labute approximate surface area is 158 Å². The highest BCUT2D eigenvalue weighted by Gasteiger charge is 2.27. The van der Waals surface area contributed by atoms with Crippen LogP contribution in [-0.2, 0) is 16.0 Å². The molecular weight excluding hydrogens is 380 g/mol. The lowest BCUT2D eigenvalue weighted by Crippen LogP contribution is -2.46. The van der Waals surface area contributed by atoms with Gasteiger partial charge in [0.1, 0.15) is 6.04 Å². The second-order valence-electron chi connectivity index (χ2n) is 7.40. The van der Waals surface area contributed by atoms with E-state index in [4.69, 9.17) is 0 Å². The first-order valence-electron chi connectivity index (χ1n) is 9.41. The zero-order valence-electron chi connectivity index (χ0n) is 14.8. The van der Waals surface area contributed by atoms with Gasteiger partial charge < -0.3 is 10.6 Å². The van der Waals surface area contributed by atoms with Gasteiger partial charge in [-0.2, -0.15) is 0 Å². The van der Waals surface area contributed by atoms with E-state index in [1.54, 1.807) is 6.92 Å². The number of amides is 2. The number of nitrogens with one attached hydrogen (secondary N) is 2. The van der Waals surface area contributed by atoms with Crippen molar-refractivity contribution in [2.75, 3.05) is 0 Å². The van der Waals surface area contributed by atoms with Gasteiger partial charge in [0.2, 0.25) is 11.8 Å². The summed E-state index contributed by atoms with van der Waals surface area (Å²) in [6.07, 6.45) is 8.45. The Morgan fingerprint density at radius 2 is 1.96 bits per heavy atom. The van der Waals surface area contributed by atoms with Crippen LogP contribution >= 0.6 is 15.9 Å². The molecule has 2 aliphatic carbocycles. The molecule has 0 spiro atoms. The van der Waals surface area contributed by atoms with Crippen LogP contribution in [0.15, 0.2) is 22.7 Å². The van der Waals surface area contributed by atoms with Crippen molar-refractivity contribution in [3.05, 3.63) is 33.8 Å². The van der Waals surface area contributed by atoms with Gasteiger partial charge in [0.15, 0.2) is 0 Å². The molecule has 2 unspecified atom stereocenters. The maximum Gasteiger partial charge on any atom is 0.242 e. The Balaban J connectivity index is 1.50. The van der Waals surface area contributed by atoms with Gasteiger partial charge in [-0.05, 0) is 55.7 Å². The van der Waals surface area contributed by atoms with Gasteiger partial charge in [-0.3, -0.25) is 9.59 Å². The number of benzene rings is 1. The summed E-state index contributed by atoms with van der Waals surface area (Å²) in [4.78, 5) is 24.7. The molecule has 4 nitrogen and oxygen atoms in total. The van der Waals surface area contributed by atoms with Gasteiger partial charge in [-0.1, -0.05) is 47.3 Å². The van der Waals surface area contributed by atoms with Crippen molar-refractivity contribution < 1.29 is 9.59 Å². The number of hydrogen-bond donors (Lipinski definition) is 2. The number of carbonyl (C=O) groups excluding carboxylic acids is 2. The third-order valence-corrected chi connectivity index (χ3v) is 6.24. The van der Waals surface area contributed by atoms with E-state index in [2.05, 4.69) is 32.6 Å². The molecule has 2 amide bonds. The van der Waals surface area contributed by atoms with Gasteiger partial charge in [0, 0.05) is 10.9 Å². The molecule has 2 atom stereocenters. The molecule has 1 aromatic rings. The molecule has 136 valence electrons. The quantitative estimate of drug-likeness (QED) is 0.775. The molecule has 0 heterocycles. The van der Waals surface area contributed by atoms with Crippen molar-refractivity contribution in [2.45, 2.75) is 70.4 Å². The normalized spacial score (nSPS) is 21.4. The second kappa shape index (κ2) is 8.35. The Hall–Kier alpha value is -1.36. The third kappa shape index (κ3) is 4.63. The van der Waals surface area contributed by atoms with Gasteiger partial charge in [0.25, 0.3) is 0 Å². The van der Waals surface area contributed by atoms with Crippen molar-refractivity contribution in [3.8, 4) is 0 Å². The van der Waals surface area contributed by atoms with Crippen molar-refractivity contribution in [1.82, 2.24) is 10.6 Å². The molecule has 3 rings (SSSR count). The first-order valence-corrected chi connectivity index (χ1v) is 10.2. The number of rotatable bonds is 5. The minimum absolute atomic E-state index is 0.00381. The lowest BCUT2D eigenvalue weighted by Gasteiger charge is -2.23. The second-order valence-corrected chi connectivity index (χ2v) is 8.26. The first kappa shape index (κ1) is 18.4. The van der Waals surface area contributed by atoms with Crippen molar-refractivity contribution in [1.29, 1.82) is 0 Å². The highest BCUT2D eigenvalue weighted by atomic mass is 79.9. The summed E-state index contributed by atoms with van der Waals surface area (Å²) in [5, 5.41) is 5.97. The van der Waals surface area contributed by atoms with Gasteiger partial charge in [0.05, 0.1) is 6.04 Å². The molecule has 0 aromatic heterocycles. The van der Waals surface area contributed by atoms with Crippen LogP contribution in [-0.4, -0.2) is 17.9 Å². The molecule has 1 saturated carbocycles. The van der Waals surface area contributed by atoms with E-state index in [9.17, 15) is 9.59 Å². The van der Waals surface area contributed by atoms with E-state index in [-0.39, 0.29) is 17.9 Å². The molecule has 5 heteroatoms. The summed E-state index contributed by atoms with van der Waals surface area (Å²) in [7, 11) is 0. The fourth-order valence-electron chi connectivity index (χ4n) is 4.08. The monoisotopic (exact) mass is 406 g/mol. The summed E-state index contributed by atoms with van der Waals surface area (Å²) in [5.41, 5.74) is 2.46. The molecule has 2 aliphatic rings. The molecule has 25 heavy (non-hydrogen) atoms. The van der Waals surface area contributed by atoms with Crippen LogP contribution in [0.2, 0.25) is 0 Å². The average molecular weight is 407 g/mol. The summed E-state index contributed by atoms with van der Waals surface area (Å²) < 4.78 is 1.11. The van der Waals surface area contributed by atoms with E-state index < -0.39 is 6.04 Å². The smallest absolute Gasteiger partial charge is 0.242 e. The highest BCUT2D eigenvalue weighted by Crippen LogP contribution is 2.35. The maximum atomic E-state index is 12.5. The standard InChI is InChI=1S/C20H27BrN2O2/c1-13(22-19(24)12-14-6-3-2-4-7-14)20(25)23-18-11-10-15-16(18)8-5-9-17(15)21/h5,8-9,13-14,18H,2-4,6-7,10-12H2,1H3,(H,22,24)(H,23,25). The Kier molecular flexibility index (Phi) is 6.15. The summed E-state index contributed by atoms with van der Waals surface area (Å²) in [5.74, 6) is 0.391. The molecule has 0 radical (unpaired) electrons. The fraction of sp³-hybridized carbons (Fsp3) is 0.600. The largest absolute Gasteiger partial charge is 0.348 e. The summed E-state index contributed by atoms with van der Waals surface area (Å²) in [6, 6.07) is 5.66. The van der Waals surface area contributed by atoms with E-state index in [0.29, 0.717) is 12.3 Å². The zero-order chi connectivity index (χ0) is 17.8. The summed E-state index contributed by atoms with van der Waals surface area (Å²) >= 11 is 3.58. The highest BCUT2D eigenvalue weighted by molar-refractivity contribution is 9.10. The molecule has 2 N–H and O–H groups in total. The van der Waals surface area contributed by atoms with Gasteiger partial charge in [-0.25, -0.2) is 0 Å². The molecule has 0 bridgehead atoms. The van der Waals surface area contributed by atoms with Gasteiger partial charge >= 0.3 is 0 Å². The zero-order valence-corrected chi connectivity index (χ0v) is 16.4. The number of fused-ring (bicyclic) bond motifs is 1. The first-order chi connectivity index (χ1) is 12.0. The maximum absolute atomic E-state index is 12.5. The molecular formula is C20H27BrN2O2. The third-order valence-electron chi connectivity index (χ3n) is 5.50. The average Bonchev–Trinajstić information content (AvgIpc) is 3.00. The number of halogens is 1. The Morgan fingerprint density at radius 1 is 1.20 bits per heavy atom. The SMILES string of the molecule is CC(NC(=O)CC1CCCCC1)C(=O)NC1CCc2c(Br)cccc21. The minimum Gasteiger partial charge on any atom is -0.348 e. The minimum atomic E-state index is -0.493. The van der Waals surface area contributed by atoms with Crippen molar-refractivity contribution in [2.24, 2.45) is 5.92 Å². The van der Waals surface area contributed by atoms with E-state index >= 15 is 0 Å². The van der Waals surface area contributed by atoms with Crippen LogP contribution in [0, 0.1) is 5.92 Å². The predicted molar refractivity (Wildman–Crippen MR) is 102 cm³/mol. The van der Waals surface area contributed by atoms with Crippen LogP contribution in [0.5, 0.6) is 0 Å². The van der Waals surface area contributed by atoms with Crippen LogP contribution in [0.25, 0.3) is 0 Å². The number of hydrogen-bond acceptors (Lipinski definition) is 2. The molecule has 0 saturated heterocycles. The van der Waals surface area contributed by atoms with E-state index in [1.807, 2.05) is 12.1 Å². The fourth-order valence-corrected chi connectivity index (χ4v) is 4.66. The van der Waals surface area contributed by atoms with Crippen LogP contribution in [0.1, 0.15) is 69.0 Å². The lowest BCUT2D eigenvalue weighted by molar-refractivity contribution is -0.129. The van der Waals surface area contributed by atoms with Crippen LogP contribution in [0.4, 0.5) is 0 Å². The predicted octanol–water partition coefficient (Wildman–Crippen LogP) is 4.03. The Morgan fingerprint density at radius 3 is 2.72 bits per heavy atom. The van der Waals surface area contributed by atoms with E-state index in [0.717, 1.165) is 30.2 Å². The summed E-state index contributed by atoms with van der Waals surface area (Å²) in [6.45, 7) is 1.77. The van der Waals surface area contributed by atoms with E-state index in [1.165, 1.54) is 30.4 Å². The molecule has 0 aliphatic heterocycles. The van der Waals surface area contributed by atoms with Gasteiger partial charge in [-0.15, -0.1) is 0 Å². The van der Waals surface area contributed by atoms with Crippen LogP contribution in [0.3, 0.4) is 0 Å². The Bertz CT molecular complexity index is 641. The van der Waals surface area contributed by atoms with Crippen molar-refractivity contribution >= 4 is 27.7 Å². The van der Waals surface area contributed by atoms with Crippen molar-refractivity contribution in [3.63, 3.8) is 0 Å². The van der Waals surface area contributed by atoms with Crippen LogP contribution < -0.4 is 10.6 Å².